The monoisotopic (exact) mass is 269 g/mol. The second kappa shape index (κ2) is 5.23. The minimum atomic E-state index is -0.945. The molecule has 18 heavy (non-hydrogen) atoms. The van der Waals surface area contributed by atoms with E-state index >= 15 is 0 Å². The van der Waals surface area contributed by atoms with Gasteiger partial charge in [-0.3, -0.25) is 0 Å². The summed E-state index contributed by atoms with van der Waals surface area (Å²) in [5, 5.41) is 12.6. The number of halogens is 3. The number of nitrogens with one attached hydrogen (secondary N) is 1. The minimum Gasteiger partial charge on any atom is -0.506 e. The number of phenols is 1. The van der Waals surface area contributed by atoms with Gasteiger partial charge in [-0.15, -0.1) is 0 Å². The van der Waals surface area contributed by atoms with Crippen LogP contribution in [-0.4, -0.2) is 5.11 Å². The third-order valence-electron chi connectivity index (χ3n) is 2.49. The van der Waals surface area contributed by atoms with Crippen molar-refractivity contribution in [2.75, 3.05) is 5.32 Å². The number of benzene rings is 2. The fraction of sp³-hybridized carbons (Fsp3) is 0.0769. The van der Waals surface area contributed by atoms with Gasteiger partial charge in [0, 0.05) is 12.1 Å². The molecule has 0 saturated heterocycles. The quantitative estimate of drug-likeness (QED) is 0.885. The molecule has 0 saturated carbocycles. The summed E-state index contributed by atoms with van der Waals surface area (Å²) < 4.78 is 26.3. The summed E-state index contributed by atoms with van der Waals surface area (Å²) in [6.45, 7) is 0.146. The molecule has 2 rings (SSSR count). The van der Waals surface area contributed by atoms with E-state index in [1.807, 2.05) is 0 Å². The first-order valence-electron chi connectivity index (χ1n) is 5.24. The van der Waals surface area contributed by atoms with Crippen molar-refractivity contribution in [3.8, 4) is 5.75 Å². The Labute approximate surface area is 108 Å². The predicted molar refractivity (Wildman–Crippen MR) is 66.8 cm³/mol. The summed E-state index contributed by atoms with van der Waals surface area (Å²) in [5.41, 5.74) is 0.542. The van der Waals surface area contributed by atoms with Gasteiger partial charge >= 0.3 is 0 Å². The van der Waals surface area contributed by atoms with Crippen molar-refractivity contribution in [1.82, 2.24) is 0 Å². The first-order valence-corrected chi connectivity index (χ1v) is 5.61. The maximum atomic E-state index is 13.4. The lowest BCUT2D eigenvalue weighted by Crippen LogP contribution is -2.02. The molecule has 5 heteroatoms. The van der Waals surface area contributed by atoms with Gasteiger partial charge < -0.3 is 10.4 Å². The van der Waals surface area contributed by atoms with Crippen molar-refractivity contribution in [3.63, 3.8) is 0 Å². The summed E-state index contributed by atoms with van der Waals surface area (Å²) in [7, 11) is 0. The lowest BCUT2D eigenvalue weighted by molar-refractivity contribution is 0.469. The second-order valence-electron chi connectivity index (χ2n) is 3.70. The van der Waals surface area contributed by atoms with E-state index in [0.717, 1.165) is 6.07 Å². The van der Waals surface area contributed by atoms with Crippen molar-refractivity contribution in [1.29, 1.82) is 0 Å². The molecule has 0 aromatic heterocycles. The van der Waals surface area contributed by atoms with Crippen molar-refractivity contribution in [3.05, 3.63) is 58.6 Å². The lowest BCUT2D eigenvalue weighted by Gasteiger charge is -2.10. The van der Waals surface area contributed by atoms with Gasteiger partial charge in [0.1, 0.15) is 5.75 Å². The number of rotatable bonds is 3. The number of anilines is 1. The summed E-state index contributed by atoms with van der Waals surface area (Å²) in [5.74, 6) is -1.93. The van der Waals surface area contributed by atoms with Crippen LogP contribution in [0, 0.1) is 11.6 Å². The van der Waals surface area contributed by atoms with Crippen molar-refractivity contribution in [2.45, 2.75) is 6.54 Å². The Morgan fingerprint density at radius 1 is 1.11 bits per heavy atom. The molecule has 94 valence electrons. The molecule has 0 spiro atoms. The van der Waals surface area contributed by atoms with Gasteiger partial charge in [-0.2, -0.15) is 0 Å². The van der Waals surface area contributed by atoms with Gasteiger partial charge in [0.05, 0.1) is 10.7 Å². The number of hydrogen-bond donors (Lipinski definition) is 2. The van der Waals surface area contributed by atoms with Crippen LogP contribution < -0.4 is 5.32 Å². The Morgan fingerprint density at radius 3 is 2.61 bits per heavy atom. The highest BCUT2D eigenvalue weighted by molar-refractivity contribution is 6.32. The largest absolute Gasteiger partial charge is 0.506 e. The maximum absolute atomic E-state index is 13.4. The van der Waals surface area contributed by atoms with E-state index in [1.54, 1.807) is 18.2 Å². The predicted octanol–water partition coefficient (Wildman–Crippen LogP) is 3.94. The zero-order chi connectivity index (χ0) is 13.1. The van der Waals surface area contributed by atoms with Crippen LogP contribution in [-0.2, 0) is 6.54 Å². The molecular weight excluding hydrogens is 260 g/mol. The Kier molecular flexibility index (Phi) is 3.67. The number of para-hydroxylation sites is 1. The van der Waals surface area contributed by atoms with Crippen LogP contribution in [0.4, 0.5) is 14.5 Å². The van der Waals surface area contributed by atoms with Gasteiger partial charge in [-0.25, -0.2) is 8.78 Å². The molecule has 0 aliphatic carbocycles. The Bertz CT molecular complexity index is 523. The normalized spacial score (nSPS) is 10.4. The number of hydrogen-bond acceptors (Lipinski definition) is 2. The van der Waals surface area contributed by atoms with E-state index in [9.17, 15) is 13.9 Å². The Balaban J connectivity index is 2.17. The highest BCUT2D eigenvalue weighted by Gasteiger charge is 2.09. The van der Waals surface area contributed by atoms with Crippen LogP contribution >= 0.6 is 11.6 Å². The van der Waals surface area contributed by atoms with Crippen molar-refractivity contribution in [2.24, 2.45) is 0 Å². The van der Waals surface area contributed by atoms with E-state index in [2.05, 4.69) is 5.32 Å². The SMILES string of the molecule is Oc1c(Cl)cccc1CNc1cccc(F)c1F. The fourth-order valence-corrected chi connectivity index (χ4v) is 1.73. The molecule has 0 bridgehead atoms. The third kappa shape index (κ3) is 2.54. The van der Waals surface area contributed by atoms with E-state index in [4.69, 9.17) is 11.6 Å². The molecule has 0 atom stereocenters. The van der Waals surface area contributed by atoms with Gasteiger partial charge in [-0.1, -0.05) is 29.8 Å². The summed E-state index contributed by atoms with van der Waals surface area (Å²) in [6, 6.07) is 8.71. The summed E-state index contributed by atoms with van der Waals surface area (Å²) >= 11 is 5.74. The van der Waals surface area contributed by atoms with Crippen molar-refractivity contribution >= 4 is 17.3 Å². The molecule has 0 radical (unpaired) electrons. The highest BCUT2D eigenvalue weighted by Crippen LogP contribution is 2.27. The van der Waals surface area contributed by atoms with Crippen molar-refractivity contribution < 1.29 is 13.9 Å². The van der Waals surface area contributed by atoms with E-state index in [1.165, 1.54) is 12.1 Å². The molecule has 2 nitrogen and oxygen atoms in total. The van der Waals surface area contributed by atoms with Gasteiger partial charge in [0.15, 0.2) is 11.6 Å². The molecule has 0 heterocycles. The van der Waals surface area contributed by atoms with Gasteiger partial charge in [-0.05, 0) is 18.2 Å². The first kappa shape index (κ1) is 12.6. The topological polar surface area (TPSA) is 32.3 Å². The highest BCUT2D eigenvalue weighted by atomic mass is 35.5. The van der Waals surface area contributed by atoms with E-state index in [-0.39, 0.29) is 23.0 Å². The molecule has 0 fully saturated rings. The Hall–Kier alpha value is -1.81. The molecule has 0 amide bonds. The van der Waals surface area contributed by atoms with Crippen LogP contribution in [0.25, 0.3) is 0 Å². The molecule has 0 aliphatic heterocycles. The average molecular weight is 270 g/mol. The third-order valence-corrected chi connectivity index (χ3v) is 2.80. The average Bonchev–Trinajstić information content (AvgIpc) is 2.36. The van der Waals surface area contributed by atoms with E-state index < -0.39 is 11.6 Å². The zero-order valence-corrected chi connectivity index (χ0v) is 10.0. The maximum Gasteiger partial charge on any atom is 0.181 e. The second-order valence-corrected chi connectivity index (χ2v) is 4.11. The van der Waals surface area contributed by atoms with Crippen LogP contribution in [0.3, 0.4) is 0 Å². The lowest BCUT2D eigenvalue weighted by atomic mass is 10.2. The first-order chi connectivity index (χ1) is 8.59. The molecule has 0 aliphatic rings. The smallest absolute Gasteiger partial charge is 0.181 e. The molecular formula is C13H10ClF2NO. The Morgan fingerprint density at radius 2 is 1.83 bits per heavy atom. The van der Waals surface area contributed by atoms with Crippen LogP contribution in [0.2, 0.25) is 5.02 Å². The standard InChI is InChI=1S/C13H10ClF2NO/c14-9-4-1-3-8(13(9)18)7-17-11-6-2-5-10(15)12(11)16/h1-6,17-18H,7H2. The minimum absolute atomic E-state index is 0.0365. The van der Waals surface area contributed by atoms with Gasteiger partial charge in [0.2, 0.25) is 0 Å². The number of aromatic hydroxyl groups is 1. The summed E-state index contributed by atoms with van der Waals surface area (Å²) in [6.07, 6.45) is 0. The van der Waals surface area contributed by atoms with Crippen LogP contribution in [0.1, 0.15) is 5.56 Å². The zero-order valence-electron chi connectivity index (χ0n) is 9.25. The molecule has 0 unspecified atom stereocenters. The fourth-order valence-electron chi connectivity index (χ4n) is 1.53. The van der Waals surface area contributed by atoms with Crippen LogP contribution in [0.5, 0.6) is 5.75 Å². The number of phenolic OH excluding ortho intramolecular Hbond substituents is 1. The molecule has 2 aromatic rings. The summed E-state index contributed by atoms with van der Waals surface area (Å²) in [4.78, 5) is 0. The molecule has 2 aromatic carbocycles. The van der Waals surface area contributed by atoms with Crippen LogP contribution in [0.15, 0.2) is 36.4 Å². The van der Waals surface area contributed by atoms with Gasteiger partial charge in [0.25, 0.3) is 0 Å². The molecule has 2 N–H and O–H groups in total. The van der Waals surface area contributed by atoms with E-state index in [0.29, 0.717) is 5.56 Å².